The molecule has 0 heterocycles. The zero-order chi connectivity index (χ0) is 25.0. The van der Waals surface area contributed by atoms with Crippen LogP contribution in [0.3, 0.4) is 0 Å². The zero-order valence-electron chi connectivity index (χ0n) is 21.5. The maximum Gasteiger partial charge on any atom is 0.303 e. The Morgan fingerprint density at radius 2 is 0.781 bits per heavy atom. The number of carboxylic acids is 2. The molecule has 0 aliphatic rings. The highest BCUT2D eigenvalue weighted by molar-refractivity contribution is 5.66. The molecule has 0 aromatic heterocycles. The number of aliphatic hydroxyl groups is 2. The Kier molecular flexibility index (Phi) is 33.1. The topological polar surface area (TPSA) is 115 Å². The van der Waals surface area contributed by atoms with Gasteiger partial charge in [0.1, 0.15) is 0 Å². The van der Waals surface area contributed by atoms with Crippen molar-refractivity contribution in [2.24, 2.45) is 11.8 Å². The average Bonchev–Trinajstić information content (AvgIpc) is 2.71. The molecule has 0 aromatic carbocycles. The van der Waals surface area contributed by atoms with E-state index in [4.69, 9.17) is 20.4 Å². The number of unbranched alkanes of at least 4 members (excludes halogenated alkanes) is 9. The maximum atomic E-state index is 10.1. The van der Waals surface area contributed by atoms with Crippen molar-refractivity contribution >= 4 is 11.9 Å². The number of carboxylic acid groups (broad SMARTS) is 2. The predicted octanol–water partition coefficient (Wildman–Crippen LogP) is 6.67. The largest absolute Gasteiger partial charge is 0.481 e. The van der Waals surface area contributed by atoms with Crippen LogP contribution in [0, 0.1) is 11.8 Å². The van der Waals surface area contributed by atoms with Gasteiger partial charge in [-0.3, -0.25) is 9.59 Å². The Hall–Kier alpha value is -1.14. The zero-order valence-corrected chi connectivity index (χ0v) is 21.5. The number of aliphatic hydroxyl groups excluding tert-OH is 2. The van der Waals surface area contributed by atoms with Gasteiger partial charge in [0.25, 0.3) is 0 Å². The summed E-state index contributed by atoms with van der Waals surface area (Å²) in [6.07, 6.45) is 15.3. The van der Waals surface area contributed by atoms with Crippen molar-refractivity contribution in [3.8, 4) is 0 Å². The molecule has 0 unspecified atom stereocenters. The molecular formula is C26H54O6. The highest BCUT2D eigenvalue weighted by Gasteiger charge is 1.98. The van der Waals surface area contributed by atoms with Crippen molar-refractivity contribution in [2.75, 3.05) is 13.2 Å². The fraction of sp³-hybridized carbons (Fsp3) is 0.923. The third-order valence-corrected chi connectivity index (χ3v) is 4.91. The third kappa shape index (κ3) is 46.9. The van der Waals surface area contributed by atoms with Gasteiger partial charge in [-0.25, -0.2) is 0 Å². The number of hydrogen-bond donors (Lipinski definition) is 4. The summed E-state index contributed by atoms with van der Waals surface area (Å²) in [6, 6.07) is 0. The molecule has 6 nitrogen and oxygen atoms in total. The van der Waals surface area contributed by atoms with Crippen molar-refractivity contribution in [3.63, 3.8) is 0 Å². The molecule has 0 saturated heterocycles. The van der Waals surface area contributed by atoms with E-state index in [0.717, 1.165) is 63.2 Å². The third-order valence-electron chi connectivity index (χ3n) is 4.91. The molecule has 0 aliphatic carbocycles. The molecule has 194 valence electrons. The quantitative estimate of drug-likeness (QED) is 0.159. The van der Waals surface area contributed by atoms with Crippen molar-refractivity contribution in [3.05, 3.63) is 0 Å². The summed E-state index contributed by atoms with van der Waals surface area (Å²) >= 11 is 0. The molecular weight excluding hydrogens is 408 g/mol. The van der Waals surface area contributed by atoms with Crippen LogP contribution >= 0.6 is 0 Å². The summed E-state index contributed by atoms with van der Waals surface area (Å²) in [6.45, 7) is 9.66. The smallest absolute Gasteiger partial charge is 0.303 e. The summed E-state index contributed by atoms with van der Waals surface area (Å²) < 4.78 is 0. The van der Waals surface area contributed by atoms with Gasteiger partial charge in [-0.15, -0.1) is 0 Å². The number of aliphatic carboxylic acids is 2. The van der Waals surface area contributed by atoms with Crippen molar-refractivity contribution < 1.29 is 30.0 Å². The summed E-state index contributed by atoms with van der Waals surface area (Å²) in [4.78, 5) is 20.3. The first-order valence-electron chi connectivity index (χ1n) is 12.8. The molecule has 0 spiro atoms. The Labute approximate surface area is 197 Å². The molecule has 0 aromatic rings. The first kappa shape index (κ1) is 35.4. The van der Waals surface area contributed by atoms with Crippen LogP contribution in [0.5, 0.6) is 0 Å². The second-order valence-electron chi connectivity index (χ2n) is 9.34. The molecule has 0 fully saturated rings. The lowest BCUT2D eigenvalue weighted by Crippen LogP contribution is -1.94. The van der Waals surface area contributed by atoms with Crippen molar-refractivity contribution in [1.29, 1.82) is 0 Å². The van der Waals surface area contributed by atoms with Gasteiger partial charge in [-0.05, 0) is 37.5 Å². The number of rotatable bonds is 19. The molecule has 0 rings (SSSR count). The number of hydrogen-bond acceptors (Lipinski definition) is 4. The van der Waals surface area contributed by atoms with E-state index < -0.39 is 11.9 Å². The van der Waals surface area contributed by atoms with E-state index in [9.17, 15) is 9.59 Å². The second kappa shape index (κ2) is 29.9. The lowest BCUT2D eigenvalue weighted by Gasteiger charge is -2.01. The lowest BCUT2D eigenvalue weighted by molar-refractivity contribution is -0.138. The van der Waals surface area contributed by atoms with Crippen LogP contribution in [-0.2, 0) is 9.59 Å². The van der Waals surface area contributed by atoms with Gasteiger partial charge in [-0.1, -0.05) is 91.9 Å². The lowest BCUT2D eigenvalue weighted by atomic mass is 10.1. The van der Waals surface area contributed by atoms with Gasteiger partial charge in [0.05, 0.1) is 0 Å². The van der Waals surface area contributed by atoms with Gasteiger partial charge >= 0.3 is 11.9 Å². The van der Waals surface area contributed by atoms with E-state index in [1.807, 2.05) is 0 Å². The Morgan fingerprint density at radius 3 is 1.03 bits per heavy atom. The van der Waals surface area contributed by atoms with Gasteiger partial charge in [-0.2, -0.15) is 0 Å². The van der Waals surface area contributed by atoms with E-state index in [1.165, 1.54) is 38.5 Å². The molecule has 0 radical (unpaired) electrons. The van der Waals surface area contributed by atoms with Gasteiger partial charge in [0, 0.05) is 26.1 Å². The maximum absolute atomic E-state index is 10.1. The van der Waals surface area contributed by atoms with Crippen LogP contribution in [0.2, 0.25) is 0 Å². The Bertz CT molecular complexity index is 347. The first-order chi connectivity index (χ1) is 15.2. The molecule has 0 bridgehead atoms. The molecule has 6 heteroatoms. The molecule has 0 saturated carbocycles. The van der Waals surface area contributed by atoms with Crippen molar-refractivity contribution in [1.82, 2.24) is 0 Å². The molecule has 4 N–H and O–H groups in total. The molecule has 32 heavy (non-hydrogen) atoms. The summed E-state index contributed by atoms with van der Waals surface area (Å²) in [5, 5.41) is 33.6. The minimum Gasteiger partial charge on any atom is -0.481 e. The van der Waals surface area contributed by atoms with Crippen LogP contribution < -0.4 is 0 Å². The van der Waals surface area contributed by atoms with E-state index >= 15 is 0 Å². The van der Waals surface area contributed by atoms with Crippen LogP contribution in [0.1, 0.15) is 130 Å². The highest BCUT2D eigenvalue weighted by Crippen LogP contribution is 2.09. The van der Waals surface area contributed by atoms with Crippen LogP contribution in [-0.4, -0.2) is 45.6 Å². The second-order valence-corrected chi connectivity index (χ2v) is 9.34. The summed E-state index contributed by atoms with van der Waals surface area (Å²) in [5.41, 5.74) is 0. The highest BCUT2D eigenvalue weighted by atomic mass is 16.4. The fourth-order valence-corrected chi connectivity index (χ4v) is 2.94. The minimum atomic E-state index is -0.740. The van der Waals surface area contributed by atoms with Gasteiger partial charge in [0.2, 0.25) is 0 Å². The first-order valence-corrected chi connectivity index (χ1v) is 12.8. The average molecular weight is 463 g/mol. The normalized spacial score (nSPS) is 10.4. The monoisotopic (exact) mass is 462 g/mol. The van der Waals surface area contributed by atoms with Crippen LogP contribution in [0.15, 0.2) is 0 Å². The minimum absolute atomic E-state index is 0.245. The standard InChI is InChI=1S/C10H18O4.2C8H18O/c11-9(12)7-5-3-1-2-4-6-8-10(13)14;2*1-8(2)6-4-3-5-7-9/h1-8H2,(H,11,12)(H,13,14);2*8-9H,3-7H2,1-2H3. The fourth-order valence-electron chi connectivity index (χ4n) is 2.94. The van der Waals surface area contributed by atoms with Gasteiger partial charge < -0.3 is 20.4 Å². The number of carbonyl (C=O) groups is 2. The van der Waals surface area contributed by atoms with Crippen LogP contribution in [0.25, 0.3) is 0 Å². The molecule has 0 amide bonds. The van der Waals surface area contributed by atoms with E-state index in [1.54, 1.807) is 0 Å². The molecule has 0 aliphatic heterocycles. The SMILES string of the molecule is CC(C)CCCCCO.CC(C)CCCCCO.O=C(O)CCCCCCCCC(=O)O. The van der Waals surface area contributed by atoms with Crippen LogP contribution in [0.4, 0.5) is 0 Å². The Morgan fingerprint density at radius 1 is 0.500 bits per heavy atom. The summed E-state index contributed by atoms with van der Waals surface area (Å²) in [5.74, 6) is 0.166. The van der Waals surface area contributed by atoms with E-state index in [2.05, 4.69) is 27.7 Å². The predicted molar refractivity (Wildman–Crippen MR) is 133 cm³/mol. The van der Waals surface area contributed by atoms with E-state index in [-0.39, 0.29) is 12.8 Å². The van der Waals surface area contributed by atoms with Crippen molar-refractivity contribution in [2.45, 2.75) is 130 Å². The molecule has 0 atom stereocenters. The van der Waals surface area contributed by atoms with E-state index in [0.29, 0.717) is 13.2 Å². The summed E-state index contributed by atoms with van der Waals surface area (Å²) in [7, 11) is 0. The Balaban J connectivity index is -0.000000411. The van der Waals surface area contributed by atoms with Gasteiger partial charge in [0.15, 0.2) is 0 Å².